The maximum atomic E-state index is 10.9. The summed E-state index contributed by atoms with van der Waals surface area (Å²) in [5, 5.41) is 0. The first-order valence-corrected chi connectivity index (χ1v) is 4.03. The third-order valence-corrected chi connectivity index (χ3v) is 1.53. The van der Waals surface area contributed by atoms with Gasteiger partial charge in [0.15, 0.2) is 0 Å². The number of carbonyl (C=O) groups is 1. The van der Waals surface area contributed by atoms with E-state index in [0.29, 0.717) is 5.57 Å². The Bertz CT molecular complexity index is 388. The van der Waals surface area contributed by atoms with E-state index in [1.54, 1.807) is 19.3 Å². The van der Waals surface area contributed by atoms with Gasteiger partial charge in [-0.2, -0.15) is 0 Å². The van der Waals surface area contributed by atoms with E-state index in [4.69, 9.17) is 4.42 Å². The standard InChI is InChI=1S/C11H10O3/c1-9(11(12)13-2)4-3-5-10-6-7-14-8-10/h4,6-8H,1-2H3/b9-4+. The Kier molecular flexibility index (Phi) is 3.57. The summed E-state index contributed by atoms with van der Waals surface area (Å²) in [6, 6.07) is 1.74. The second kappa shape index (κ2) is 4.93. The quantitative estimate of drug-likeness (QED) is 0.384. The molecule has 0 radical (unpaired) electrons. The molecule has 3 nitrogen and oxygen atoms in total. The second-order valence-corrected chi connectivity index (χ2v) is 2.60. The zero-order chi connectivity index (χ0) is 10.4. The van der Waals surface area contributed by atoms with Gasteiger partial charge in [-0.3, -0.25) is 0 Å². The minimum atomic E-state index is -0.369. The van der Waals surface area contributed by atoms with Crippen molar-refractivity contribution in [2.75, 3.05) is 7.11 Å². The highest BCUT2D eigenvalue weighted by atomic mass is 16.5. The first-order chi connectivity index (χ1) is 6.74. The molecule has 0 aliphatic carbocycles. The van der Waals surface area contributed by atoms with Crippen LogP contribution in [0.4, 0.5) is 0 Å². The lowest BCUT2D eigenvalue weighted by molar-refractivity contribution is -0.136. The predicted molar refractivity (Wildman–Crippen MR) is 51.4 cm³/mol. The van der Waals surface area contributed by atoms with E-state index in [9.17, 15) is 4.79 Å². The second-order valence-electron chi connectivity index (χ2n) is 2.60. The summed E-state index contributed by atoms with van der Waals surface area (Å²) in [6.07, 6.45) is 4.59. The van der Waals surface area contributed by atoms with E-state index >= 15 is 0 Å². The molecule has 0 fully saturated rings. The Hall–Kier alpha value is -1.95. The summed E-state index contributed by atoms with van der Waals surface area (Å²) < 4.78 is 9.33. The van der Waals surface area contributed by atoms with Gasteiger partial charge in [0.2, 0.25) is 0 Å². The third-order valence-electron chi connectivity index (χ3n) is 1.53. The number of furan rings is 1. The molecule has 0 saturated carbocycles. The lowest BCUT2D eigenvalue weighted by atomic mass is 10.2. The molecule has 72 valence electrons. The summed E-state index contributed by atoms with van der Waals surface area (Å²) in [7, 11) is 1.34. The number of esters is 1. The highest BCUT2D eigenvalue weighted by Crippen LogP contribution is 1.97. The highest BCUT2D eigenvalue weighted by Gasteiger charge is 1.99. The van der Waals surface area contributed by atoms with Crippen molar-refractivity contribution in [2.24, 2.45) is 0 Å². The van der Waals surface area contributed by atoms with Crippen LogP contribution in [0.3, 0.4) is 0 Å². The summed E-state index contributed by atoms with van der Waals surface area (Å²) >= 11 is 0. The molecule has 0 bridgehead atoms. The Morgan fingerprint density at radius 1 is 1.64 bits per heavy atom. The van der Waals surface area contributed by atoms with Gasteiger partial charge < -0.3 is 9.15 Å². The molecular formula is C11H10O3. The smallest absolute Gasteiger partial charge is 0.334 e. The van der Waals surface area contributed by atoms with Crippen molar-refractivity contribution in [3.05, 3.63) is 35.8 Å². The number of methoxy groups -OCH3 is 1. The van der Waals surface area contributed by atoms with E-state index in [1.807, 2.05) is 0 Å². The summed E-state index contributed by atoms with van der Waals surface area (Å²) in [5.74, 6) is 5.17. The molecule has 1 heterocycles. The summed E-state index contributed by atoms with van der Waals surface area (Å²) in [6.45, 7) is 1.65. The van der Waals surface area contributed by atoms with Crippen LogP contribution < -0.4 is 0 Å². The first-order valence-electron chi connectivity index (χ1n) is 4.03. The third kappa shape index (κ3) is 2.83. The molecule has 0 amide bonds. The topological polar surface area (TPSA) is 39.4 Å². The van der Waals surface area contributed by atoms with Crippen molar-refractivity contribution >= 4 is 5.97 Å². The minimum absolute atomic E-state index is 0.369. The van der Waals surface area contributed by atoms with Crippen LogP contribution in [0, 0.1) is 11.8 Å². The Morgan fingerprint density at radius 2 is 2.43 bits per heavy atom. The molecule has 3 heteroatoms. The average molecular weight is 190 g/mol. The van der Waals surface area contributed by atoms with Gasteiger partial charge in [0.05, 0.1) is 18.9 Å². The van der Waals surface area contributed by atoms with Crippen molar-refractivity contribution in [3.8, 4) is 11.8 Å². The van der Waals surface area contributed by atoms with Gasteiger partial charge in [0.25, 0.3) is 0 Å². The number of rotatable bonds is 1. The van der Waals surface area contributed by atoms with E-state index in [1.165, 1.54) is 19.4 Å². The number of hydrogen-bond donors (Lipinski definition) is 0. The van der Waals surface area contributed by atoms with Crippen molar-refractivity contribution < 1.29 is 13.9 Å². The van der Waals surface area contributed by atoms with Crippen molar-refractivity contribution in [3.63, 3.8) is 0 Å². The fraction of sp³-hybridized carbons (Fsp3) is 0.182. The van der Waals surface area contributed by atoms with Gasteiger partial charge in [-0.15, -0.1) is 0 Å². The van der Waals surface area contributed by atoms with Crippen LogP contribution in [0.25, 0.3) is 0 Å². The van der Waals surface area contributed by atoms with Crippen LogP contribution in [0.5, 0.6) is 0 Å². The molecule has 0 unspecified atom stereocenters. The van der Waals surface area contributed by atoms with Gasteiger partial charge in [-0.25, -0.2) is 4.79 Å². The van der Waals surface area contributed by atoms with E-state index in [-0.39, 0.29) is 5.97 Å². The Morgan fingerprint density at radius 3 is 3.00 bits per heavy atom. The summed E-state index contributed by atoms with van der Waals surface area (Å²) in [4.78, 5) is 10.9. The fourth-order valence-corrected chi connectivity index (χ4v) is 0.783. The molecule has 1 aromatic heterocycles. The predicted octanol–water partition coefficient (Wildman–Crippen LogP) is 1.75. The van der Waals surface area contributed by atoms with Crippen molar-refractivity contribution in [2.45, 2.75) is 6.92 Å². The van der Waals surface area contributed by atoms with E-state index in [0.717, 1.165) is 5.56 Å². The molecule has 0 aliphatic rings. The molecule has 0 N–H and O–H groups in total. The van der Waals surface area contributed by atoms with Crippen LogP contribution in [0.1, 0.15) is 12.5 Å². The van der Waals surface area contributed by atoms with Crippen molar-refractivity contribution in [1.29, 1.82) is 0 Å². The fourth-order valence-electron chi connectivity index (χ4n) is 0.783. The molecule has 0 atom stereocenters. The SMILES string of the molecule is COC(=O)/C(C)=C/C#Cc1ccoc1. The normalized spacial score (nSPS) is 10.3. The van der Waals surface area contributed by atoms with Crippen LogP contribution in [-0.4, -0.2) is 13.1 Å². The molecular weight excluding hydrogens is 180 g/mol. The van der Waals surface area contributed by atoms with Gasteiger partial charge in [0, 0.05) is 5.57 Å². The van der Waals surface area contributed by atoms with Gasteiger partial charge in [-0.05, 0) is 19.1 Å². The highest BCUT2D eigenvalue weighted by molar-refractivity contribution is 5.88. The molecule has 14 heavy (non-hydrogen) atoms. The number of ether oxygens (including phenoxy) is 1. The van der Waals surface area contributed by atoms with Gasteiger partial charge in [-0.1, -0.05) is 11.8 Å². The van der Waals surface area contributed by atoms with Gasteiger partial charge >= 0.3 is 5.97 Å². The largest absolute Gasteiger partial charge is 0.471 e. The Balaban J connectivity index is 2.66. The van der Waals surface area contributed by atoms with Crippen LogP contribution in [0.2, 0.25) is 0 Å². The van der Waals surface area contributed by atoms with Crippen LogP contribution in [-0.2, 0) is 9.53 Å². The average Bonchev–Trinajstić information content (AvgIpc) is 2.69. The van der Waals surface area contributed by atoms with Crippen LogP contribution >= 0.6 is 0 Å². The first kappa shape index (κ1) is 10.1. The van der Waals surface area contributed by atoms with Crippen molar-refractivity contribution in [1.82, 2.24) is 0 Å². The molecule has 0 aliphatic heterocycles. The Labute approximate surface area is 82.4 Å². The number of carbonyl (C=O) groups excluding carboxylic acids is 1. The van der Waals surface area contributed by atoms with E-state index in [2.05, 4.69) is 16.6 Å². The lowest BCUT2D eigenvalue weighted by Gasteiger charge is -1.93. The molecule has 0 spiro atoms. The molecule has 1 rings (SSSR count). The maximum Gasteiger partial charge on any atom is 0.334 e. The maximum absolute atomic E-state index is 10.9. The van der Waals surface area contributed by atoms with Crippen LogP contribution in [0.15, 0.2) is 34.7 Å². The molecule has 0 saturated heterocycles. The monoisotopic (exact) mass is 190 g/mol. The minimum Gasteiger partial charge on any atom is -0.471 e. The number of allylic oxidation sites excluding steroid dienone is 1. The lowest BCUT2D eigenvalue weighted by Crippen LogP contribution is -2.00. The molecule has 1 aromatic rings. The summed E-state index contributed by atoms with van der Waals surface area (Å²) in [5.41, 5.74) is 1.25. The zero-order valence-corrected chi connectivity index (χ0v) is 8.03. The van der Waals surface area contributed by atoms with E-state index < -0.39 is 0 Å². The molecule has 0 aromatic carbocycles. The zero-order valence-electron chi connectivity index (χ0n) is 8.03. The van der Waals surface area contributed by atoms with Gasteiger partial charge in [0.1, 0.15) is 6.26 Å². The number of hydrogen-bond acceptors (Lipinski definition) is 3.